The third-order valence-corrected chi connectivity index (χ3v) is 3.15. The number of nitrogens with one attached hydrogen (secondary N) is 1. The lowest BCUT2D eigenvalue weighted by Crippen LogP contribution is -2.29. The van der Waals surface area contributed by atoms with E-state index in [4.69, 9.17) is 0 Å². The molecule has 6 heteroatoms. The van der Waals surface area contributed by atoms with E-state index in [0.717, 1.165) is 31.7 Å². The Hall–Kier alpha value is -1.85. The molecule has 6 nitrogen and oxygen atoms in total. The zero-order chi connectivity index (χ0) is 13.7. The van der Waals surface area contributed by atoms with Gasteiger partial charge in [0, 0.05) is 46.3 Å². The van der Waals surface area contributed by atoms with E-state index in [1.807, 2.05) is 30.0 Å². The SMILES string of the molecule is CN(C)c1nccc(NCCC(=O)N2CCCC2)n1. The van der Waals surface area contributed by atoms with Crippen LogP contribution in [0.3, 0.4) is 0 Å². The number of hydrogen-bond donors (Lipinski definition) is 1. The van der Waals surface area contributed by atoms with Gasteiger partial charge in [-0.25, -0.2) is 4.98 Å². The minimum Gasteiger partial charge on any atom is -0.369 e. The smallest absolute Gasteiger partial charge is 0.226 e. The van der Waals surface area contributed by atoms with Crippen molar-refractivity contribution in [3.8, 4) is 0 Å². The van der Waals surface area contributed by atoms with Crippen molar-refractivity contribution in [1.29, 1.82) is 0 Å². The van der Waals surface area contributed by atoms with E-state index in [9.17, 15) is 4.79 Å². The Balaban J connectivity index is 1.78. The Morgan fingerprint density at radius 1 is 1.42 bits per heavy atom. The van der Waals surface area contributed by atoms with Crippen molar-refractivity contribution in [3.63, 3.8) is 0 Å². The van der Waals surface area contributed by atoms with Crippen molar-refractivity contribution in [2.45, 2.75) is 19.3 Å². The topological polar surface area (TPSA) is 61.4 Å². The molecular weight excluding hydrogens is 242 g/mol. The van der Waals surface area contributed by atoms with Gasteiger partial charge in [0.15, 0.2) is 0 Å². The first kappa shape index (κ1) is 13.6. The standard InChI is InChI=1S/C13H21N5O/c1-17(2)13-15-7-5-11(16-13)14-8-6-12(19)18-9-3-4-10-18/h5,7H,3-4,6,8-10H2,1-2H3,(H,14,15,16). The lowest BCUT2D eigenvalue weighted by molar-refractivity contribution is -0.129. The summed E-state index contributed by atoms with van der Waals surface area (Å²) in [5.74, 6) is 1.65. The zero-order valence-electron chi connectivity index (χ0n) is 11.6. The van der Waals surface area contributed by atoms with Crippen LogP contribution in [0.2, 0.25) is 0 Å². The fourth-order valence-corrected chi connectivity index (χ4v) is 2.08. The molecular formula is C13H21N5O. The average molecular weight is 263 g/mol. The lowest BCUT2D eigenvalue weighted by Gasteiger charge is -2.15. The molecule has 1 saturated heterocycles. The molecule has 1 N–H and O–H groups in total. The minimum atomic E-state index is 0.229. The third-order valence-electron chi connectivity index (χ3n) is 3.15. The Morgan fingerprint density at radius 2 is 2.16 bits per heavy atom. The molecule has 0 radical (unpaired) electrons. The van der Waals surface area contributed by atoms with Crippen molar-refractivity contribution in [2.75, 3.05) is 43.9 Å². The second kappa shape index (κ2) is 6.36. The number of likely N-dealkylation sites (tertiary alicyclic amines) is 1. The van der Waals surface area contributed by atoms with Crippen LogP contribution in [0.25, 0.3) is 0 Å². The Bertz CT molecular complexity index is 429. The van der Waals surface area contributed by atoms with Gasteiger partial charge in [0.25, 0.3) is 0 Å². The summed E-state index contributed by atoms with van der Waals surface area (Å²) in [7, 11) is 3.80. The molecule has 0 saturated carbocycles. The number of aromatic nitrogens is 2. The molecule has 2 heterocycles. The van der Waals surface area contributed by atoms with Crippen molar-refractivity contribution < 1.29 is 4.79 Å². The van der Waals surface area contributed by atoms with Crippen LogP contribution in [0.15, 0.2) is 12.3 Å². The molecule has 104 valence electrons. The Kier molecular flexibility index (Phi) is 4.54. The monoisotopic (exact) mass is 263 g/mol. The second-order valence-corrected chi connectivity index (χ2v) is 4.90. The molecule has 0 unspecified atom stereocenters. The summed E-state index contributed by atoms with van der Waals surface area (Å²) in [5.41, 5.74) is 0. The van der Waals surface area contributed by atoms with Gasteiger partial charge in [0.05, 0.1) is 0 Å². The summed E-state index contributed by atoms with van der Waals surface area (Å²) >= 11 is 0. The van der Waals surface area contributed by atoms with E-state index in [-0.39, 0.29) is 5.91 Å². The van der Waals surface area contributed by atoms with Crippen molar-refractivity contribution >= 4 is 17.7 Å². The fourth-order valence-electron chi connectivity index (χ4n) is 2.08. The van der Waals surface area contributed by atoms with E-state index >= 15 is 0 Å². The van der Waals surface area contributed by atoms with Gasteiger partial charge in [-0.3, -0.25) is 4.79 Å². The molecule has 0 spiro atoms. The molecule has 1 fully saturated rings. The van der Waals surface area contributed by atoms with E-state index in [2.05, 4.69) is 15.3 Å². The predicted molar refractivity (Wildman–Crippen MR) is 75.3 cm³/mol. The van der Waals surface area contributed by atoms with Crippen LogP contribution in [-0.4, -0.2) is 54.5 Å². The molecule has 1 aliphatic heterocycles. The molecule has 0 aromatic carbocycles. The van der Waals surface area contributed by atoms with Crippen molar-refractivity contribution in [3.05, 3.63) is 12.3 Å². The quantitative estimate of drug-likeness (QED) is 0.857. The van der Waals surface area contributed by atoms with Crippen LogP contribution < -0.4 is 10.2 Å². The molecule has 0 aliphatic carbocycles. The van der Waals surface area contributed by atoms with Gasteiger partial charge >= 0.3 is 0 Å². The Morgan fingerprint density at radius 3 is 2.84 bits per heavy atom. The molecule has 0 bridgehead atoms. The number of carbonyl (C=O) groups is 1. The van der Waals surface area contributed by atoms with Crippen LogP contribution in [0.4, 0.5) is 11.8 Å². The largest absolute Gasteiger partial charge is 0.369 e. The maximum atomic E-state index is 11.9. The molecule has 1 amide bonds. The molecule has 19 heavy (non-hydrogen) atoms. The first-order chi connectivity index (χ1) is 9.16. The zero-order valence-corrected chi connectivity index (χ0v) is 11.6. The van der Waals surface area contributed by atoms with Crippen molar-refractivity contribution in [2.24, 2.45) is 0 Å². The predicted octanol–water partition coefficient (Wildman–Crippen LogP) is 0.967. The third kappa shape index (κ3) is 3.81. The molecule has 1 aromatic rings. The fraction of sp³-hybridized carbons (Fsp3) is 0.615. The summed E-state index contributed by atoms with van der Waals surface area (Å²) in [6.45, 7) is 2.44. The number of carbonyl (C=O) groups excluding carboxylic acids is 1. The van der Waals surface area contributed by atoms with E-state index < -0.39 is 0 Å². The number of rotatable bonds is 5. The molecule has 2 rings (SSSR count). The minimum absolute atomic E-state index is 0.229. The van der Waals surface area contributed by atoms with E-state index in [1.165, 1.54) is 0 Å². The van der Waals surface area contributed by atoms with Gasteiger partial charge in [0.1, 0.15) is 5.82 Å². The maximum Gasteiger partial charge on any atom is 0.226 e. The molecule has 1 aliphatic rings. The average Bonchev–Trinajstić information content (AvgIpc) is 2.93. The highest BCUT2D eigenvalue weighted by Crippen LogP contribution is 2.10. The lowest BCUT2D eigenvalue weighted by atomic mass is 10.3. The number of nitrogens with zero attached hydrogens (tertiary/aromatic N) is 4. The molecule has 0 atom stereocenters. The van der Waals surface area contributed by atoms with Crippen LogP contribution in [0, 0.1) is 0 Å². The number of hydrogen-bond acceptors (Lipinski definition) is 5. The summed E-state index contributed by atoms with van der Waals surface area (Å²) in [6, 6.07) is 1.81. The van der Waals surface area contributed by atoms with E-state index in [1.54, 1.807) is 6.20 Å². The van der Waals surface area contributed by atoms with Gasteiger partial charge in [0.2, 0.25) is 11.9 Å². The normalized spacial score (nSPS) is 14.5. The highest BCUT2D eigenvalue weighted by Gasteiger charge is 2.16. The van der Waals surface area contributed by atoms with Gasteiger partial charge in [-0.1, -0.05) is 0 Å². The van der Waals surface area contributed by atoms with Gasteiger partial charge in [-0.05, 0) is 18.9 Å². The summed E-state index contributed by atoms with van der Waals surface area (Å²) < 4.78 is 0. The highest BCUT2D eigenvalue weighted by molar-refractivity contribution is 5.76. The van der Waals surface area contributed by atoms with Crippen LogP contribution in [0.1, 0.15) is 19.3 Å². The summed E-state index contributed by atoms with van der Waals surface area (Å²) in [6.07, 6.45) is 4.50. The number of amides is 1. The van der Waals surface area contributed by atoms with Crippen LogP contribution in [-0.2, 0) is 4.79 Å². The van der Waals surface area contributed by atoms with Gasteiger partial charge < -0.3 is 15.1 Å². The summed E-state index contributed by atoms with van der Waals surface area (Å²) in [5, 5.41) is 3.17. The molecule has 1 aromatic heterocycles. The summed E-state index contributed by atoms with van der Waals surface area (Å²) in [4.78, 5) is 24.1. The van der Waals surface area contributed by atoms with E-state index in [0.29, 0.717) is 18.9 Å². The second-order valence-electron chi connectivity index (χ2n) is 4.90. The Labute approximate surface area is 113 Å². The highest BCUT2D eigenvalue weighted by atomic mass is 16.2. The first-order valence-corrected chi connectivity index (χ1v) is 6.69. The first-order valence-electron chi connectivity index (χ1n) is 6.69. The van der Waals surface area contributed by atoms with Gasteiger partial charge in [-0.15, -0.1) is 0 Å². The number of anilines is 2. The van der Waals surface area contributed by atoms with Crippen LogP contribution >= 0.6 is 0 Å². The maximum absolute atomic E-state index is 11.9. The van der Waals surface area contributed by atoms with Gasteiger partial charge in [-0.2, -0.15) is 4.98 Å². The van der Waals surface area contributed by atoms with Crippen molar-refractivity contribution in [1.82, 2.24) is 14.9 Å². The van der Waals surface area contributed by atoms with Crippen LogP contribution in [0.5, 0.6) is 0 Å².